The first-order valence-corrected chi connectivity index (χ1v) is 9.83. The quantitative estimate of drug-likeness (QED) is 0.575. The number of carbonyl (C=O) groups excluding carboxylic acids is 1. The number of anilines is 2. The Bertz CT molecular complexity index is 1190. The second-order valence-corrected chi connectivity index (χ2v) is 7.45. The molecule has 0 unspecified atom stereocenters. The average molecular weight is 414 g/mol. The van der Waals surface area contributed by atoms with E-state index in [-0.39, 0.29) is 17.2 Å². The number of hydrogen-bond acceptors (Lipinski definition) is 4. The van der Waals surface area contributed by atoms with Gasteiger partial charge in [-0.2, -0.15) is 5.10 Å². The van der Waals surface area contributed by atoms with E-state index in [0.29, 0.717) is 11.5 Å². The molecule has 0 radical (unpaired) electrons. The van der Waals surface area contributed by atoms with Crippen molar-refractivity contribution in [2.24, 2.45) is 0 Å². The molecule has 0 saturated heterocycles. The molecule has 0 saturated carbocycles. The predicted octanol–water partition coefficient (Wildman–Crippen LogP) is 4.40. The minimum atomic E-state index is -1.11. The summed E-state index contributed by atoms with van der Waals surface area (Å²) in [4.78, 5) is 24.6. The summed E-state index contributed by atoms with van der Waals surface area (Å²) in [5.74, 6) is -1.13. The summed E-state index contributed by atoms with van der Waals surface area (Å²) in [6, 6.07) is 15.0. The molecule has 1 amide bonds. The Morgan fingerprint density at radius 3 is 2.52 bits per heavy atom. The molecular formula is C24H22N4O3. The predicted molar refractivity (Wildman–Crippen MR) is 120 cm³/mol. The third-order valence-electron chi connectivity index (χ3n) is 4.91. The van der Waals surface area contributed by atoms with Gasteiger partial charge in [-0.05, 0) is 48.7 Å². The van der Waals surface area contributed by atoms with Crippen LogP contribution >= 0.6 is 0 Å². The molecule has 3 aromatic rings. The van der Waals surface area contributed by atoms with Crippen molar-refractivity contribution in [2.75, 3.05) is 10.6 Å². The lowest BCUT2D eigenvalue weighted by molar-refractivity contribution is -0.132. The fraction of sp³-hybridized carbons (Fsp3) is 0.125. The number of benzene rings is 2. The van der Waals surface area contributed by atoms with Gasteiger partial charge in [-0.3, -0.25) is 4.79 Å². The number of fused-ring (bicyclic) bond motifs is 1. The summed E-state index contributed by atoms with van der Waals surface area (Å²) in [6.45, 7) is 3.92. The lowest BCUT2D eigenvalue weighted by Gasteiger charge is -2.22. The molecule has 3 N–H and O–H groups in total. The van der Waals surface area contributed by atoms with Gasteiger partial charge < -0.3 is 15.7 Å². The zero-order chi connectivity index (χ0) is 22.0. The molecule has 4 rings (SSSR count). The van der Waals surface area contributed by atoms with Gasteiger partial charge in [-0.25, -0.2) is 9.48 Å². The lowest BCUT2D eigenvalue weighted by Crippen LogP contribution is -2.24. The van der Waals surface area contributed by atoms with Gasteiger partial charge >= 0.3 is 5.97 Å². The number of allylic oxidation sites excluding steroid dienone is 2. The highest BCUT2D eigenvalue weighted by Crippen LogP contribution is 2.30. The van der Waals surface area contributed by atoms with Crippen LogP contribution in [0.3, 0.4) is 0 Å². The van der Waals surface area contributed by atoms with Crippen LogP contribution in [0.15, 0.2) is 72.6 Å². The highest BCUT2D eigenvalue weighted by atomic mass is 16.4. The van der Waals surface area contributed by atoms with Gasteiger partial charge in [-0.15, -0.1) is 0 Å². The molecule has 0 bridgehead atoms. The van der Waals surface area contributed by atoms with Crippen molar-refractivity contribution in [1.29, 1.82) is 0 Å². The summed E-state index contributed by atoms with van der Waals surface area (Å²) in [7, 11) is 0. The van der Waals surface area contributed by atoms with Crippen molar-refractivity contribution in [1.82, 2.24) is 9.78 Å². The first-order chi connectivity index (χ1) is 14.9. The van der Waals surface area contributed by atoms with Gasteiger partial charge in [0, 0.05) is 5.69 Å². The number of nitrogens with one attached hydrogen (secondary N) is 2. The Hall–Kier alpha value is -4.13. The SMILES string of the molecule is Cc1cc(C)cc(NC(=O)c2cnn3c2NC(C(=O)O)=C[C@H]3/C=C/c2ccccc2)c1. The van der Waals surface area contributed by atoms with Gasteiger partial charge in [0.15, 0.2) is 0 Å². The van der Waals surface area contributed by atoms with Gasteiger partial charge in [0.1, 0.15) is 17.1 Å². The number of amides is 1. The topological polar surface area (TPSA) is 96.3 Å². The first kappa shape index (κ1) is 20.2. The van der Waals surface area contributed by atoms with Crippen molar-refractivity contribution in [2.45, 2.75) is 19.9 Å². The van der Waals surface area contributed by atoms with Crippen LogP contribution in [0, 0.1) is 13.8 Å². The van der Waals surface area contributed by atoms with Gasteiger partial charge in [-0.1, -0.05) is 48.6 Å². The summed E-state index contributed by atoms with van der Waals surface area (Å²) < 4.78 is 1.60. The standard InChI is InChI=1S/C24H22N4O3/c1-15-10-16(2)12-18(11-15)26-23(29)20-14-25-28-19(9-8-17-6-4-3-5-7-17)13-21(24(30)31)27-22(20)28/h3-14,19,27H,1-2H3,(H,26,29)(H,30,31)/b9-8+/t19-/m1/s1. The molecule has 0 spiro atoms. The van der Waals surface area contributed by atoms with E-state index in [1.807, 2.05) is 74.5 Å². The number of aliphatic carboxylic acids is 1. The Morgan fingerprint density at radius 2 is 1.84 bits per heavy atom. The van der Waals surface area contributed by atoms with Crippen LogP contribution in [0.5, 0.6) is 0 Å². The van der Waals surface area contributed by atoms with E-state index in [1.165, 1.54) is 6.20 Å². The van der Waals surface area contributed by atoms with Crippen molar-refractivity contribution in [3.63, 3.8) is 0 Å². The maximum atomic E-state index is 12.9. The Morgan fingerprint density at radius 1 is 1.13 bits per heavy atom. The minimum Gasteiger partial charge on any atom is -0.477 e. The number of carboxylic acid groups (broad SMARTS) is 1. The summed E-state index contributed by atoms with van der Waals surface area (Å²) >= 11 is 0. The maximum absolute atomic E-state index is 12.9. The number of rotatable bonds is 5. The number of carbonyl (C=O) groups is 2. The van der Waals surface area contributed by atoms with Crippen LogP contribution in [0.1, 0.15) is 33.1 Å². The number of aromatic nitrogens is 2. The molecule has 1 aliphatic heterocycles. The van der Waals surface area contributed by atoms with Crippen LogP contribution < -0.4 is 10.6 Å². The molecule has 2 aromatic carbocycles. The fourth-order valence-electron chi connectivity index (χ4n) is 3.57. The molecule has 0 fully saturated rings. The average Bonchev–Trinajstić information content (AvgIpc) is 3.16. The Balaban J connectivity index is 1.65. The molecule has 0 aliphatic carbocycles. The van der Waals surface area contributed by atoms with E-state index < -0.39 is 12.0 Å². The van der Waals surface area contributed by atoms with Crippen LogP contribution in [-0.2, 0) is 4.79 Å². The zero-order valence-corrected chi connectivity index (χ0v) is 17.2. The second-order valence-electron chi connectivity index (χ2n) is 7.45. The molecule has 2 heterocycles. The number of carboxylic acids is 1. The van der Waals surface area contributed by atoms with Gasteiger partial charge in [0.25, 0.3) is 5.91 Å². The summed E-state index contributed by atoms with van der Waals surface area (Å²) in [5, 5.41) is 19.6. The van der Waals surface area contributed by atoms with E-state index in [1.54, 1.807) is 10.8 Å². The third-order valence-corrected chi connectivity index (χ3v) is 4.91. The van der Waals surface area contributed by atoms with E-state index in [4.69, 9.17) is 0 Å². The number of nitrogens with zero attached hydrogens (tertiary/aromatic N) is 2. The lowest BCUT2D eigenvalue weighted by atomic mass is 10.1. The Kier molecular flexibility index (Phi) is 5.41. The first-order valence-electron chi connectivity index (χ1n) is 9.83. The van der Waals surface area contributed by atoms with E-state index in [0.717, 1.165) is 16.7 Å². The third kappa shape index (κ3) is 4.40. The second kappa shape index (κ2) is 8.31. The fourth-order valence-corrected chi connectivity index (χ4v) is 3.57. The highest BCUT2D eigenvalue weighted by Gasteiger charge is 2.27. The van der Waals surface area contributed by atoms with Crippen LogP contribution in [0.4, 0.5) is 11.5 Å². The van der Waals surface area contributed by atoms with E-state index in [2.05, 4.69) is 15.7 Å². The number of aryl methyl sites for hydroxylation is 2. The molecule has 7 heteroatoms. The van der Waals surface area contributed by atoms with Crippen LogP contribution in [0.25, 0.3) is 6.08 Å². The van der Waals surface area contributed by atoms with Crippen LogP contribution in [0.2, 0.25) is 0 Å². The molecule has 1 atom stereocenters. The van der Waals surface area contributed by atoms with Gasteiger partial charge in [0.05, 0.1) is 12.2 Å². The highest BCUT2D eigenvalue weighted by molar-refractivity contribution is 6.08. The molecule has 156 valence electrons. The zero-order valence-electron chi connectivity index (χ0n) is 17.2. The normalized spacial score (nSPS) is 15.2. The maximum Gasteiger partial charge on any atom is 0.352 e. The monoisotopic (exact) mass is 414 g/mol. The number of hydrogen-bond donors (Lipinski definition) is 3. The smallest absolute Gasteiger partial charge is 0.352 e. The molecule has 1 aromatic heterocycles. The molecule has 1 aliphatic rings. The van der Waals surface area contributed by atoms with Crippen molar-refractivity contribution >= 4 is 29.5 Å². The van der Waals surface area contributed by atoms with Crippen molar-refractivity contribution in [3.05, 3.63) is 94.8 Å². The Labute approximate surface area is 179 Å². The summed E-state index contributed by atoms with van der Waals surface area (Å²) in [5.41, 5.74) is 3.99. The molecular weight excluding hydrogens is 392 g/mol. The molecule has 7 nitrogen and oxygen atoms in total. The van der Waals surface area contributed by atoms with Crippen LogP contribution in [-0.4, -0.2) is 26.8 Å². The van der Waals surface area contributed by atoms with Crippen molar-refractivity contribution < 1.29 is 14.7 Å². The van der Waals surface area contributed by atoms with Crippen molar-refractivity contribution in [3.8, 4) is 0 Å². The summed E-state index contributed by atoms with van der Waals surface area (Å²) in [6.07, 6.45) is 6.75. The largest absolute Gasteiger partial charge is 0.477 e. The van der Waals surface area contributed by atoms with Gasteiger partial charge in [0.2, 0.25) is 0 Å². The minimum absolute atomic E-state index is 0.00355. The molecule has 31 heavy (non-hydrogen) atoms. The van der Waals surface area contributed by atoms with E-state index in [9.17, 15) is 14.7 Å². The van der Waals surface area contributed by atoms with E-state index >= 15 is 0 Å².